The van der Waals surface area contributed by atoms with Gasteiger partial charge in [0.25, 0.3) is 0 Å². The number of thiophene rings is 1. The van der Waals surface area contributed by atoms with Gasteiger partial charge in [0.15, 0.2) is 8.69 Å². The summed E-state index contributed by atoms with van der Waals surface area (Å²) < 4.78 is 17.0. The number of rotatable bonds is 11. The van der Waals surface area contributed by atoms with Gasteiger partial charge in [-0.05, 0) is 24.3 Å². The van der Waals surface area contributed by atoms with Crippen molar-refractivity contribution in [2.45, 2.75) is 70.8 Å². The highest BCUT2D eigenvalue weighted by molar-refractivity contribution is 7.17. The first-order valence-electron chi connectivity index (χ1n) is 7.44. The molecule has 0 aliphatic rings. The molecule has 0 saturated carbocycles. The summed E-state index contributed by atoms with van der Waals surface area (Å²) >= 11 is 1.74. The van der Waals surface area contributed by atoms with Crippen molar-refractivity contribution < 1.29 is 9.09 Å². The van der Waals surface area contributed by atoms with Gasteiger partial charge in [-0.1, -0.05) is 58.4 Å². The smallest absolute Gasteiger partial charge is 0.180 e. The van der Waals surface area contributed by atoms with E-state index in [1.54, 1.807) is 11.3 Å². The number of unbranched alkanes of at least 4 members (excludes halogenated alkanes) is 4. The first-order chi connectivity index (χ1) is 9.29. The molecule has 0 saturated heterocycles. The van der Waals surface area contributed by atoms with E-state index in [4.69, 9.17) is 4.52 Å². The van der Waals surface area contributed by atoms with Crippen molar-refractivity contribution in [1.82, 2.24) is 0 Å². The van der Waals surface area contributed by atoms with Crippen LogP contribution in [0, 0.1) is 0 Å². The van der Waals surface area contributed by atoms with Crippen LogP contribution in [0.4, 0.5) is 0 Å². The zero-order valence-corrected chi connectivity index (χ0v) is 14.2. The number of hydrogen-bond donors (Lipinski definition) is 0. The highest BCUT2D eigenvalue weighted by atomic mass is 32.1. The maximum atomic E-state index is 11.2. The summed E-state index contributed by atoms with van der Waals surface area (Å²) in [6.07, 6.45) is 9.16. The molecule has 0 radical (unpaired) electrons. The third-order valence-corrected chi connectivity index (χ3v) is 5.21. The van der Waals surface area contributed by atoms with Gasteiger partial charge in [0, 0.05) is 4.88 Å². The summed E-state index contributed by atoms with van der Waals surface area (Å²) in [4.78, 5) is 1.25. The summed E-state index contributed by atoms with van der Waals surface area (Å²) in [5.41, 5.74) is -0.282. The van der Waals surface area contributed by atoms with Gasteiger partial charge in [-0.3, -0.25) is 4.57 Å². The molecule has 4 heteroatoms. The largest absolute Gasteiger partial charge is 0.320 e. The van der Waals surface area contributed by atoms with Crippen LogP contribution in [0.5, 0.6) is 0 Å². The van der Waals surface area contributed by atoms with Crippen molar-refractivity contribution in [3.05, 3.63) is 22.4 Å². The summed E-state index contributed by atoms with van der Waals surface area (Å²) in [6.45, 7) is 4.42. The van der Waals surface area contributed by atoms with Crippen LogP contribution in [0.25, 0.3) is 0 Å². The fourth-order valence-corrected chi connectivity index (χ4v) is 4.06. The highest BCUT2D eigenvalue weighted by Crippen LogP contribution is 2.41. The van der Waals surface area contributed by atoms with Crippen LogP contribution in [0.2, 0.25) is 0 Å². The molecule has 0 fully saturated rings. The minimum atomic E-state index is -1.15. The molecule has 1 unspecified atom stereocenters. The summed E-state index contributed by atoms with van der Waals surface area (Å²) in [5.74, 6) is 0. The lowest BCUT2D eigenvalue weighted by atomic mass is 9.89. The quantitative estimate of drug-likeness (QED) is 0.382. The Kier molecular flexibility index (Phi) is 8.69. The Balaban J connectivity index is 2.79. The van der Waals surface area contributed by atoms with E-state index in [0.29, 0.717) is 0 Å². The van der Waals surface area contributed by atoms with E-state index >= 15 is 0 Å². The third-order valence-electron chi connectivity index (χ3n) is 3.61. The minimum absolute atomic E-state index is 0.282. The standard InChI is InChI=1S/C15H27O2PS/c1-3-5-7-11-15(17-18-16,12-8-6-4-2)14-10-9-13-19-14/h9-10,13H,3-8,11-12,18H2,1-2H3. The Morgan fingerprint density at radius 2 is 1.79 bits per heavy atom. The van der Waals surface area contributed by atoms with Gasteiger partial charge in [-0.25, -0.2) is 0 Å². The van der Waals surface area contributed by atoms with Crippen molar-refractivity contribution >= 4 is 20.0 Å². The average Bonchev–Trinajstić information content (AvgIpc) is 2.93. The zero-order valence-electron chi connectivity index (χ0n) is 12.2. The molecule has 1 aromatic heterocycles. The molecule has 110 valence electrons. The molecular weight excluding hydrogens is 275 g/mol. The normalized spacial score (nSPS) is 12.5. The predicted molar refractivity (Wildman–Crippen MR) is 85.8 cm³/mol. The number of hydrogen-bond acceptors (Lipinski definition) is 3. The lowest BCUT2D eigenvalue weighted by Gasteiger charge is -2.31. The highest BCUT2D eigenvalue weighted by Gasteiger charge is 2.33. The first-order valence-corrected chi connectivity index (χ1v) is 9.26. The van der Waals surface area contributed by atoms with Gasteiger partial charge in [0.05, 0.1) is 0 Å². The maximum absolute atomic E-state index is 11.2. The van der Waals surface area contributed by atoms with Crippen molar-refractivity contribution in [2.75, 3.05) is 0 Å². The summed E-state index contributed by atoms with van der Waals surface area (Å²) in [7, 11) is -1.15. The van der Waals surface area contributed by atoms with Crippen LogP contribution < -0.4 is 0 Å². The van der Waals surface area contributed by atoms with Gasteiger partial charge in [0.1, 0.15) is 5.60 Å². The van der Waals surface area contributed by atoms with E-state index in [1.807, 2.05) is 0 Å². The Morgan fingerprint density at radius 1 is 1.16 bits per heavy atom. The summed E-state index contributed by atoms with van der Waals surface area (Å²) in [5, 5.41) is 2.09. The SMILES string of the molecule is CCCCCC(CCCCC)(O[PH2]=O)c1cccs1. The van der Waals surface area contributed by atoms with Gasteiger partial charge in [-0.2, -0.15) is 0 Å². The van der Waals surface area contributed by atoms with Crippen molar-refractivity contribution in [1.29, 1.82) is 0 Å². The van der Waals surface area contributed by atoms with Crippen LogP contribution in [-0.2, 0) is 14.7 Å². The Morgan fingerprint density at radius 3 is 2.21 bits per heavy atom. The second kappa shape index (κ2) is 9.74. The fraction of sp³-hybridized carbons (Fsp3) is 0.733. The molecule has 0 aliphatic carbocycles. The van der Waals surface area contributed by atoms with E-state index < -0.39 is 8.69 Å². The Labute approximate surface area is 122 Å². The molecule has 2 nitrogen and oxygen atoms in total. The maximum Gasteiger partial charge on any atom is 0.180 e. The van der Waals surface area contributed by atoms with Crippen molar-refractivity contribution in [2.24, 2.45) is 0 Å². The molecule has 1 heterocycles. The zero-order chi connectivity index (χ0) is 14.0. The van der Waals surface area contributed by atoms with Crippen LogP contribution in [0.15, 0.2) is 17.5 Å². The molecule has 0 aliphatic heterocycles. The summed E-state index contributed by atoms with van der Waals surface area (Å²) in [6, 6.07) is 4.20. The second-order valence-electron chi connectivity index (χ2n) is 5.10. The third kappa shape index (κ3) is 5.41. The van der Waals surface area contributed by atoms with E-state index in [-0.39, 0.29) is 5.60 Å². The molecule has 1 rings (SSSR count). The Bertz CT molecular complexity index is 328. The van der Waals surface area contributed by atoms with Crippen LogP contribution in [0.1, 0.15) is 70.1 Å². The van der Waals surface area contributed by atoms with E-state index in [0.717, 1.165) is 25.7 Å². The van der Waals surface area contributed by atoms with Gasteiger partial charge in [0.2, 0.25) is 0 Å². The lowest BCUT2D eigenvalue weighted by molar-refractivity contribution is 0.0598. The second-order valence-corrected chi connectivity index (χ2v) is 6.48. The average molecular weight is 302 g/mol. The Hall–Kier alpha value is -0.110. The molecule has 0 amide bonds. The van der Waals surface area contributed by atoms with Crippen molar-refractivity contribution in [3.8, 4) is 0 Å². The van der Waals surface area contributed by atoms with E-state index in [9.17, 15) is 4.57 Å². The molecule has 19 heavy (non-hydrogen) atoms. The molecule has 1 atom stereocenters. The van der Waals surface area contributed by atoms with Crippen molar-refractivity contribution in [3.63, 3.8) is 0 Å². The van der Waals surface area contributed by atoms with Crippen LogP contribution >= 0.6 is 20.0 Å². The van der Waals surface area contributed by atoms with Crippen LogP contribution in [0.3, 0.4) is 0 Å². The van der Waals surface area contributed by atoms with Crippen LogP contribution in [-0.4, -0.2) is 0 Å². The molecule has 0 bridgehead atoms. The van der Waals surface area contributed by atoms with Gasteiger partial charge < -0.3 is 4.52 Å². The molecule has 0 aromatic carbocycles. The van der Waals surface area contributed by atoms with E-state index in [2.05, 4.69) is 31.4 Å². The monoisotopic (exact) mass is 302 g/mol. The van der Waals surface area contributed by atoms with Gasteiger partial charge in [-0.15, -0.1) is 11.3 Å². The molecular formula is C15H27O2PS. The van der Waals surface area contributed by atoms with Gasteiger partial charge >= 0.3 is 0 Å². The fourth-order valence-electron chi connectivity index (χ4n) is 2.50. The molecule has 0 spiro atoms. The first kappa shape index (κ1) is 16.9. The minimum Gasteiger partial charge on any atom is -0.320 e. The topological polar surface area (TPSA) is 26.3 Å². The van der Waals surface area contributed by atoms with E-state index in [1.165, 1.54) is 30.6 Å². The molecule has 0 N–H and O–H groups in total. The lowest BCUT2D eigenvalue weighted by Crippen LogP contribution is -2.25. The molecule has 1 aromatic rings. The predicted octanol–water partition coefficient (Wildman–Crippen LogP) is 5.79.